The summed E-state index contributed by atoms with van der Waals surface area (Å²) in [5.74, 6) is 1.30. The second kappa shape index (κ2) is 6.96. The Morgan fingerprint density at radius 3 is 2.65 bits per heavy atom. The molecule has 23 heavy (non-hydrogen) atoms. The number of rotatable bonds is 3. The summed E-state index contributed by atoms with van der Waals surface area (Å²) >= 11 is 5.91. The first kappa shape index (κ1) is 15.7. The lowest BCUT2D eigenvalue weighted by Gasteiger charge is -2.30. The molecule has 0 radical (unpaired) electrons. The monoisotopic (exact) mass is 330 g/mol. The Balaban J connectivity index is 1.65. The third kappa shape index (κ3) is 3.99. The van der Waals surface area contributed by atoms with Gasteiger partial charge in [0.05, 0.1) is 0 Å². The zero-order valence-electron chi connectivity index (χ0n) is 13.0. The molecule has 1 amide bonds. The van der Waals surface area contributed by atoms with Crippen molar-refractivity contribution in [1.29, 1.82) is 0 Å². The van der Waals surface area contributed by atoms with Gasteiger partial charge in [-0.3, -0.25) is 4.79 Å². The summed E-state index contributed by atoms with van der Waals surface area (Å²) < 4.78 is 0. The molecular weight excluding hydrogens is 312 g/mol. The van der Waals surface area contributed by atoms with Gasteiger partial charge in [-0.1, -0.05) is 24.6 Å². The standard InChI is InChI=1S/C17H19ClN4O/c1-12-7-9-22(10-8-12)16-6-5-15(20-21-16)17(23)19-14-4-2-3-13(18)11-14/h2-6,11-12H,7-10H2,1H3,(H,19,23). The van der Waals surface area contributed by atoms with E-state index < -0.39 is 0 Å². The molecule has 2 heterocycles. The van der Waals surface area contributed by atoms with Gasteiger partial charge >= 0.3 is 0 Å². The molecule has 1 N–H and O–H groups in total. The molecule has 0 unspecified atom stereocenters. The fourth-order valence-corrected chi connectivity index (χ4v) is 2.80. The van der Waals surface area contributed by atoms with Gasteiger partial charge in [0.15, 0.2) is 11.5 Å². The average molecular weight is 331 g/mol. The molecule has 2 aromatic rings. The maximum absolute atomic E-state index is 12.2. The number of benzene rings is 1. The van der Waals surface area contributed by atoms with Crippen molar-refractivity contribution in [2.24, 2.45) is 5.92 Å². The first-order valence-electron chi connectivity index (χ1n) is 7.77. The normalized spacial score (nSPS) is 15.5. The molecule has 5 nitrogen and oxygen atoms in total. The second-order valence-electron chi connectivity index (χ2n) is 5.91. The van der Waals surface area contributed by atoms with Gasteiger partial charge in [0.2, 0.25) is 0 Å². The van der Waals surface area contributed by atoms with Crippen molar-refractivity contribution in [2.45, 2.75) is 19.8 Å². The van der Waals surface area contributed by atoms with E-state index in [2.05, 4.69) is 27.3 Å². The minimum Gasteiger partial charge on any atom is -0.355 e. The summed E-state index contributed by atoms with van der Waals surface area (Å²) in [4.78, 5) is 14.4. The van der Waals surface area contributed by atoms with Gasteiger partial charge < -0.3 is 10.2 Å². The van der Waals surface area contributed by atoms with Gasteiger partial charge in [-0.25, -0.2) is 0 Å². The molecule has 0 bridgehead atoms. The molecule has 0 saturated carbocycles. The molecule has 1 aromatic carbocycles. The number of carbonyl (C=O) groups is 1. The number of hydrogen-bond donors (Lipinski definition) is 1. The van der Waals surface area contributed by atoms with E-state index in [1.54, 1.807) is 30.3 Å². The van der Waals surface area contributed by atoms with Crippen molar-refractivity contribution in [3.8, 4) is 0 Å². The first-order chi connectivity index (χ1) is 11.1. The van der Waals surface area contributed by atoms with Crippen LogP contribution in [0, 0.1) is 5.92 Å². The Labute approximate surface area is 140 Å². The molecule has 1 aromatic heterocycles. The highest BCUT2D eigenvalue weighted by Gasteiger charge is 2.18. The number of piperidine rings is 1. The highest BCUT2D eigenvalue weighted by molar-refractivity contribution is 6.30. The molecule has 0 atom stereocenters. The van der Waals surface area contributed by atoms with Crippen LogP contribution in [0.3, 0.4) is 0 Å². The quantitative estimate of drug-likeness (QED) is 0.933. The molecule has 0 aliphatic carbocycles. The minimum atomic E-state index is -0.293. The molecule has 1 aliphatic heterocycles. The summed E-state index contributed by atoms with van der Waals surface area (Å²) in [6, 6.07) is 10.6. The van der Waals surface area contributed by atoms with E-state index in [1.165, 1.54) is 12.8 Å². The van der Waals surface area contributed by atoms with Crippen molar-refractivity contribution >= 4 is 29.0 Å². The van der Waals surface area contributed by atoms with Crippen LogP contribution in [-0.2, 0) is 0 Å². The Morgan fingerprint density at radius 1 is 1.22 bits per heavy atom. The zero-order valence-corrected chi connectivity index (χ0v) is 13.8. The van der Waals surface area contributed by atoms with Crippen LogP contribution in [0.5, 0.6) is 0 Å². The Hall–Kier alpha value is -2.14. The lowest BCUT2D eigenvalue weighted by atomic mass is 9.99. The van der Waals surface area contributed by atoms with E-state index in [1.807, 2.05) is 6.07 Å². The fraction of sp³-hybridized carbons (Fsp3) is 0.353. The van der Waals surface area contributed by atoms with Crippen LogP contribution in [-0.4, -0.2) is 29.2 Å². The van der Waals surface area contributed by atoms with Gasteiger partial charge in [-0.05, 0) is 49.1 Å². The molecule has 120 valence electrons. The Morgan fingerprint density at radius 2 is 2.00 bits per heavy atom. The molecular formula is C17H19ClN4O. The maximum atomic E-state index is 12.2. The molecule has 0 spiro atoms. The third-order valence-electron chi connectivity index (χ3n) is 4.07. The number of nitrogens with zero attached hydrogens (tertiary/aromatic N) is 3. The van der Waals surface area contributed by atoms with E-state index in [0.29, 0.717) is 16.4 Å². The van der Waals surface area contributed by atoms with Crippen LogP contribution in [0.1, 0.15) is 30.3 Å². The topological polar surface area (TPSA) is 58.1 Å². The van der Waals surface area contributed by atoms with Gasteiger partial charge in [-0.15, -0.1) is 10.2 Å². The molecule has 6 heteroatoms. The smallest absolute Gasteiger partial charge is 0.276 e. The lowest BCUT2D eigenvalue weighted by molar-refractivity contribution is 0.102. The number of anilines is 2. The average Bonchev–Trinajstić information content (AvgIpc) is 2.56. The number of halogens is 1. The summed E-state index contributed by atoms with van der Waals surface area (Å²) in [6.07, 6.45) is 2.33. The van der Waals surface area contributed by atoms with Crippen LogP contribution in [0.15, 0.2) is 36.4 Å². The largest absolute Gasteiger partial charge is 0.355 e. The minimum absolute atomic E-state index is 0.291. The number of amides is 1. The Kier molecular flexibility index (Phi) is 4.76. The van der Waals surface area contributed by atoms with Crippen LogP contribution in [0.4, 0.5) is 11.5 Å². The van der Waals surface area contributed by atoms with Crippen LogP contribution in [0.2, 0.25) is 5.02 Å². The summed E-state index contributed by atoms with van der Waals surface area (Å²) in [7, 11) is 0. The fourth-order valence-electron chi connectivity index (χ4n) is 2.61. The number of carbonyl (C=O) groups excluding carboxylic acids is 1. The predicted molar refractivity (Wildman–Crippen MR) is 92.0 cm³/mol. The summed E-state index contributed by atoms with van der Waals surface area (Å²) in [5, 5.41) is 11.6. The molecule has 1 aliphatic rings. The van der Waals surface area contributed by atoms with Crippen LogP contribution < -0.4 is 10.2 Å². The van der Waals surface area contributed by atoms with Gasteiger partial charge in [0.25, 0.3) is 5.91 Å². The van der Waals surface area contributed by atoms with Crippen molar-refractivity contribution in [3.63, 3.8) is 0 Å². The molecule has 1 fully saturated rings. The lowest BCUT2D eigenvalue weighted by Crippen LogP contribution is -2.33. The van der Waals surface area contributed by atoms with Gasteiger partial charge in [0.1, 0.15) is 0 Å². The number of aromatic nitrogens is 2. The van der Waals surface area contributed by atoms with Crippen molar-refractivity contribution < 1.29 is 4.79 Å². The van der Waals surface area contributed by atoms with Crippen molar-refractivity contribution in [1.82, 2.24) is 10.2 Å². The maximum Gasteiger partial charge on any atom is 0.276 e. The van der Waals surface area contributed by atoms with E-state index in [0.717, 1.165) is 24.8 Å². The van der Waals surface area contributed by atoms with E-state index in [9.17, 15) is 4.79 Å². The summed E-state index contributed by atoms with van der Waals surface area (Å²) in [5.41, 5.74) is 0.928. The SMILES string of the molecule is CC1CCN(c2ccc(C(=O)Nc3cccc(Cl)c3)nn2)CC1. The van der Waals surface area contributed by atoms with E-state index in [-0.39, 0.29) is 5.91 Å². The highest BCUT2D eigenvalue weighted by Crippen LogP contribution is 2.21. The van der Waals surface area contributed by atoms with E-state index in [4.69, 9.17) is 11.6 Å². The zero-order chi connectivity index (χ0) is 16.2. The Bertz CT molecular complexity index is 681. The molecule has 1 saturated heterocycles. The van der Waals surface area contributed by atoms with Crippen LogP contribution in [0.25, 0.3) is 0 Å². The van der Waals surface area contributed by atoms with Crippen molar-refractivity contribution in [3.05, 3.63) is 47.1 Å². The number of hydrogen-bond acceptors (Lipinski definition) is 4. The number of nitrogens with one attached hydrogen (secondary N) is 1. The van der Waals surface area contributed by atoms with E-state index >= 15 is 0 Å². The second-order valence-corrected chi connectivity index (χ2v) is 6.35. The van der Waals surface area contributed by atoms with Gasteiger partial charge in [0, 0.05) is 23.8 Å². The predicted octanol–water partition coefficient (Wildman–Crippen LogP) is 3.62. The van der Waals surface area contributed by atoms with Crippen LogP contribution >= 0.6 is 11.6 Å². The first-order valence-corrected chi connectivity index (χ1v) is 8.15. The summed E-state index contributed by atoms with van der Waals surface area (Å²) in [6.45, 7) is 4.25. The van der Waals surface area contributed by atoms with Crippen molar-refractivity contribution in [2.75, 3.05) is 23.3 Å². The molecule has 3 rings (SSSR count). The third-order valence-corrected chi connectivity index (χ3v) is 4.31. The van der Waals surface area contributed by atoms with Gasteiger partial charge in [-0.2, -0.15) is 0 Å². The highest BCUT2D eigenvalue weighted by atomic mass is 35.5.